The summed E-state index contributed by atoms with van der Waals surface area (Å²) in [6.45, 7) is 29.4. The van der Waals surface area contributed by atoms with E-state index in [9.17, 15) is 43.8 Å². The van der Waals surface area contributed by atoms with Gasteiger partial charge in [-0.1, -0.05) is 115 Å². The van der Waals surface area contributed by atoms with Gasteiger partial charge in [-0.15, -0.1) is 0 Å². The third-order valence-electron chi connectivity index (χ3n) is 17.0. The lowest BCUT2D eigenvalue weighted by Crippen LogP contribution is -2.64. The van der Waals surface area contributed by atoms with Crippen molar-refractivity contribution in [1.29, 1.82) is 0 Å². The van der Waals surface area contributed by atoms with E-state index in [2.05, 4.69) is 21.3 Å². The summed E-state index contributed by atoms with van der Waals surface area (Å²) >= 11 is 0. The van der Waals surface area contributed by atoms with Crippen molar-refractivity contribution < 1.29 is 67.7 Å². The van der Waals surface area contributed by atoms with Crippen molar-refractivity contribution in [2.45, 2.75) is 235 Å². The van der Waals surface area contributed by atoms with Gasteiger partial charge in [0, 0.05) is 55.4 Å². The number of hydrogen-bond acceptors (Lipinski definition) is 13. The Morgan fingerprint density at radius 2 is 0.846 bits per heavy atom. The molecular weight excluding hydrogens is 1170 g/mol. The molecule has 0 saturated carbocycles. The maximum atomic E-state index is 15.3. The van der Waals surface area contributed by atoms with Crippen molar-refractivity contribution >= 4 is 70.9 Å². The first-order valence-corrected chi connectivity index (χ1v) is 32.3. The largest absolute Gasteiger partial charge is 0.478 e. The highest BCUT2D eigenvalue weighted by Crippen LogP contribution is 2.26. The highest BCUT2D eigenvalue weighted by Gasteiger charge is 2.46. The maximum absolute atomic E-state index is 15.3. The zero-order valence-electron chi connectivity index (χ0n) is 59.2. The molecule has 1 aliphatic rings. The van der Waals surface area contributed by atoms with Gasteiger partial charge in [0.2, 0.25) is 65.0 Å². The molecule has 1 heterocycles. The molecule has 0 bridgehead atoms. The molecule has 1 saturated heterocycles. The van der Waals surface area contributed by atoms with Crippen molar-refractivity contribution in [2.75, 3.05) is 49.3 Å². The second-order valence-corrected chi connectivity index (χ2v) is 27.3. The van der Waals surface area contributed by atoms with E-state index in [-0.39, 0.29) is 68.6 Å². The lowest BCUT2D eigenvalue weighted by Gasteiger charge is -2.41. The monoisotopic (exact) mass is 1290 g/mol. The summed E-state index contributed by atoms with van der Waals surface area (Å²) in [5.74, 6) is -12.2. The van der Waals surface area contributed by atoms with Crippen LogP contribution in [0.4, 0.5) is 0 Å². The summed E-state index contributed by atoms with van der Waals surface area (Å²) in [5.41, 5.74) is 0. The van der Waals surface area contributed by atoms with Crippen LogP contribution in [-0.2, 0) is 57.5 Å². The molecule has 25 heteroatoms. The summed E-state index contributed by atoms with van der Waals surface area (Å²) < 4.78 is 0. The topological polar surface area (TPSA) is 316 Å². The minimum atomic E-state index is -1.70. The SMILES string of the molecule is CC=CCC(C)C(O)C1C(=O)NC(CC)C(=O)N(C)C(CC=CC(=O)O)C(=O)N(C)C(CC(C)C)C(=O)NC(C(C)C)C(=O)N(C)C(CC(C)C)C(=O)NC(C)C(=O)NC(C)C(=O)N(C)C(CC(C)C)C(=O)N(C)C(CC(C)C)C(=O)N(C)C(C(C)C)C(=O)N1C. The number of likely N-dealkylation sites (N-methyl/N-ethyl adjacent to an activating group) is 7. The van der Waals surface area contributed by atoms with Crippen LogP contribution < -0.4 is 21.3 Å². The van der Waals surface area contributed by atoms with Crippen LogP contribution in [0, 0.1) is 41.4 Å². The molecule has 13 atom stereocenters. The first kappa shape index (κ1) is 82.1. The highest BCUT2D eigenvalue weighted by molar-refractivity contribution is 6.00. The van der Waals surface area contributed by atoms with Gasteiger partial charge in [0.1, 0.15) is 66.5 Å². The number of aliphatic hydroxyl groups is 1. The molecule has 1 rings (SSSR count). The first-order chi connectivity index (χ1) is 42.0. The van der Waals surface area contributed by atoms with Crippen molar-refractivity contribution in [2.24, 2.45) is 41.4 Å². The molecule has 1 fully saturated rings. The van der Waals surface area contributed by atoms with E-state index in [0.29, 0.717) is 0 Å². The lowest BCUT2D eigenvalue weighted by atomic mass is 9.91. The Bertz CT molecular complexity index is 2570. The second kappa shape index (κ2) is 37.6. The lowest BCUT2D eigenvalue weighted by molar-refractivity contribution is -0.157. The Kier molecular flexibility index (Phi) is 33.9. The van der Waals surface area contributed by atoms with E-state index < -0.39 is 161 Å². The summed E-state index contributed by atoms with van der Waals surface area (Å²) in [5, 5.41) is 32.8. The zero-order valence-corrected chi connectivity index (χ0v) is 59.2. The molecule has 1 aliphatic heterocycles. The number of nitrogens with zero attached hydrogens (tertiary/aromatic N) is 7. The smallest absolute Gasteiger partial charge is 0.327 e. The van der Waals surface area contributed by atoms with Crippen LogP contribution in [0.2, 0.25) is 0 Å². The Labute approximate surface area is 542 Å². The van der Waals surface area contributed by atoms with E-state index >= 15 is 24.0 Å². The molecule has 518 valence electrons. The van der Waals surface area contributed by atoms with Gasteiger partial charge in [0.25, 0.3) is 0 Å². The van der Waals surface area contributed by atoms with Crippen LogP contribution in [0.25, 0.3) is 0 Å². The number of hydrogen-bond donors (Lipinski definition) is 6. The Morgan fingerprint density at radius 1 is 0.451 bits per heavy atom. The van der Waals surface area contributed by atoms with Gasteiger partial charge >= 0.3 is 5.97 Å². The van der Waals surface area contributed by atoms with Crippen molar-refractivity contribution in [1.82, 2.24) is 55.6 Å². The third-order valence-corrected chi connectivity index (χ3v) is 17.0. The Balaban J connectivity index is 4.54. The van der Waals surface area contributed by atoms with E-state index in [0.717, 1.165) is 20.8 Å². The average Bonchev–Trinajstić information content (AvgIpc) is 0.906. The van der Waals surface area contributed by atoms with Crippen LogP contribution in [-0.4, -0.2) is 237 Å². The number of carboxylic acid groups (broad SMARTS) is 1. The molecular formula is C66H115N11O14. The quantitative estimate of drug-likeness (QED) is 0.0843. The molecule has 91 heavy (non-hydrogen) atoms. The summed E-state index contributed by atoms with van der Waals surface area (Å²) in [4.78, 5) is 183. The van der Waals surface area contributed by atoms with E-state index in [1.807, 2.05) is 55.4 Å². The van der Waals surface area contributed by atoms with Crippen molar-refractivity contribution in [3.63, 3.8) is 0 Å². The molecule has 0 radical (unpaired) electrons. The molecule has 0 aromatic carbocycles. The van der Waals surface area contributed by atoms with E-state index in [1.165, 1.54) is 88.9 Å². The standard InChI is InChI=1S/C66H115N11O14/c1-25-27-29-42(15)55(80)54-59(84)69-45(26-2)61(86)71(18)46(30-28-31-51(78)79)62(87)72(19)48(33-37(5)6)58(83)70-52(40(11)12)65(90)73(20)47(32-36(3)4)57(82)67-43(16)56(81)68-44(17)60(85)74(21)49(34-38(7)8)63(88)75(22)50(35-39(9)10)64(89)76(23)53(41(13)14)66(91)77(54)24/h25,27-28,31,36-50,52-55,80H,26,29-30,32-35H2,1-24H3,(H,67,82)(H,68,81)(H,69,84)(H,70,83)(H,78,79). The molecule has 13 unspecified atom stereocenters. The summed E-state index contributed by atoms with van der Waals surface area (Å²) in [6, 6.07) is -14.6. The molecule has 6 N–H and O–H groups in total. The van der Waals surface area contributed by atoms with Gasteiger partial charge in [0.15, 0.2) is 0 Å². The fourth-order valence-corrected chi connectivity index (χ4v) is 11.4. The summed E-state index contributed by atoms with van der Waals surface area (Å²) in [6.07, 6.45) is 4.13. The van der Waals surface area contributed by atoms with Gasteiger partial charge in [0.05, 0.1) is 6.10 Å². The normalized spacial score (nSPS) is 26.8. The van der Waals surface area contributed by atoms with E-state index in [4.69, 9.17) is 0 Å². The second-order valence-electron chi connectivity index (χ2n) is 27.3. The van der Waals surface area contributed by atoms with Gasteiger partial charge in [-0.2, -0.15) is 0 Å². The minimum Gasteiger partial charge on any atom is -0.478 e. The number of carbonyl (C=O) groups excluding carboxylic acids is 11. The number of allylic oxidation sites excluding steroid dienone is 2. The molecule has 0 aliphatic carbocycles. The van der Waals surface area contributed by atoms with Gasteiger partial charge in [-0.3, -0.25) is 52.7 Å². The zero-order chi connectivity index (χ0) is 70.5. The number of aliphatic hydroxyl groups excluding tert-OH is 1. The number of rotatable bonds is 18. The van der Waals surface area contributed by atoms with Gasteiger partial charge < -0.3 is 65.8 Å². The number of carboxylic acids is 1. The third kappa shape index (κ3) is 23.3. The van der Waals surface area contributed by atoms with Gasteiger partial charge in [-0.05, 0) is 107 Å². The molecule has 0 aromatic heterocycles. The number of amides is 11. The average molecular weight is 1290 g/mol. The Morgan fingerprint density at radius 3 is 1.29 bits per heavy atom. The summed E-state index contributed by atoms with van der Waals surface area (Å²) in [7, 11) is 9.63. The van der Waals surface area contributed by atoms with Crippen LogP contribution in [0.15, 0.2) is 24.3 Å². The number of nitrogens with one attached hydrogen (secondary N) is 4. The van der Waals surface area contributed by atoms with Crippen LogP contribution in [0.3, 0.4) is 0 Å². The van der Waals surface area contributed by atoms with Crippen molar-refractivity contribution in [3.05, 3.63) is 24.3 Å². The minimum absolute atomic E-state index is 0.0427. The highest BCUT2D eigenvalue weighted by atomic mass is 16.4. The molecule has 11 amide bonds. The van der Waals surface area contributed by atoms with Crippen LogP contribution in [0.1, 0.15) is 163 Å². The fraction of sp³-hybridized carbons (Fsp3) is 0.758. The fourth-order valence-electron chi connectivity index (χ4n) is 11.4. The van der Waals surface area contributed by atoms with Gasteiger partial charge in [-0.25, -0.2) is 4.79 Å². The first-order valence-electron chi connectivity index (χ1n) is 32.3. The van der Waals surface area contributed by atoms with Crippen molar-refractivity contribution in [3.8, 4) is 0 Å². The molecule has 0 spiro atoms. The van der Waals surface area contributed by atoms with Crippen LogP contribution in [0.5, 0.6) is 0 Å². The number of carbonyl (C=O) groups is 12. The van der Waals surface area contributed by atoms with E-state index in [1.54, 1.807) is 60.6 Å². The molecule has 25 nitrogen and oxygen atoms in total. The maximum Gasteiger partial charge on any atom is 0.327 e. The number of aliphatic carboxylic acids is 1. The predicted molar refractivity (Wildman–Crippen MR) is 349 cm³/mol. The predicted octanol–water partition coefficient (Wildman–Crippen LogP) is 3.67. The molecule has 0 aromatic rings. The van der Waals surface area contributed by atoms with Crippen LogP contribution >= 0.6 is 0 Å². The Hall–Kier alpha value is -6.92.